The Morgan fingerprint density at radius 2 is 1.93 bits per heavy atom. The van der Waals surface area contributed by atoms with Crippen LogP contribution in [0.4, 0.5) is 14.5 Å². The van der Waals surface area contributed by atoms with Crippen LogP contribution < -0.4 is 21.7 Å². The van der Waals surface area contributed by atoms with Crippen molar-refractivity contribution in [3.8, 4) is 0 Å². The maximum absolute atomic E-state index is 14.3. The van der Waals surface area contributed by atoms with Crippen LogP contribution in [-0.2, 0) is 16.0 Å². The molecule has 0 bridgehead atoms. The number of benzene rings is 1. The lowest BCUT2D eigenvalue weighted by molar-refractivity contribution is -0.138. The number of amides is 1. The third-order valence-corrected chi connectivity index (χ3v) is 8.24. The largest absolute Gasteiger partial charge is 0.480 e. The van der Waals surface area contributed by atoms with Crippen LogP contribution in [0.5, 0.6) is 0 Å². The van der Waals surface area contributed by atoms with Crippen LogP contribution in [0.2, 0.25) is 0 Å². The fourth-order valence-corrected chi connectivity index (χ4v) is 6.09. The number of hydrogen-bond acceptors (Lipinski definition) is 8. The first-order valence-electron chi connectivity index (χ1n) is 14.1. The molecule has 1 unspecified atom stereocenters. The fourth-order valence-electron chi connectivity index (χ4n) is 6.09. The highest BCUT2D eigenvalue weighted by Crippen LogP contribution is 2.38. The SMILES string of the molecule is CN=CC(=CN)c1cc2c(cc1C(F)F)N(C(N)C1=C(NC3CCN(CC(=O)O)CC3)CCN(C(C)=O)C1)CCC2. The molecule has 1 atom stereocenters. The van der Waals surface area contributed by atoms with E-state index in [-0.39, 0.29) is 24.1 Å². The van der Waals surface area contributed by atoms with Crippen LogP contribution >= 0.6 is 0 Å². The van der Waals surface area contributed by atoms with Gasteiger partial charge in [-0.1, -0.05) is 0 Å². The van der Waals surface area contributed by atoms with Crippen LogP contribution in [0, 0.1) is 0 Å². The Balaban J connectivity index is 1.66. The molecular weight excluding hydrogens is 532 g/mol. The van der Waals surface area contributed by atoms with Gasteiger partial charge in [0.15, 0.2) is 0 Å². The molecule has 3 heterocycles. The second kappa shape index (κ2) is 13.4. The molecule has 1 amide bonds. The van der Waals surface area contributed by atoms with Crippen LogP contribution in [0.3, 0.4) is 0 Å². The summed E-state index contributed by atoms with van der Waals surface area (Å²) < 4.78 is 28.6. The predicted octanol–water partition coefficient (Wildman–Crippen LogP) is 2.31. The topological polar surface area (TPSA) is 141 Å². The number of alkyl halides is 2. The molecule has 224 valence electrons. The monoisotopic (exact) mass is 573 g/mol. The molecule has 41 heavy (non-hydrogen) atoms. The van der Waals surface area contributed by atoms with E-state index in [0.717, 1.165) is 42.5 Å². The normalized spacial score (nSPS) is 20.1. The highest BCUT2D eigenvalue weighted by molar-refractivity contribution is 6.10. The average Bonchev–Trinajstić information content (AvgIpc) is 2.95. The number of aliphatic imine (C=N–C) groups is 1. The van der Waals surface area contributed by atoms with Crippen molar-refractivity contribution in [2.45, 2.75) is 57.7 Å². The molecule has 3 aliphatic rings. The summed E-state index contributed by atoms with van der Waals surface area (Å²) in [6.07, 6.45) is 3.14. The maximum Gasteiger partial charge on any atom is 0.317 e. The maximum atomic E-state index is 14.3. The number of carboxylic acid groups (broad SMARTS) is 1. The zero-order valence-electron chi connectivity index (χ0n) is 23.8. The highest BCUT2D eigenvalue weighted by atomic mass is 19.3. The van der Waals surface area contributed by atoms with Crippen molar-refractivity contribution in [1.29, 1.82) is 0 Å². The van der Waals surface area contributed by atoms with E-state index in [1.165, 1.54) is 25.4 Å². The summed E-state index contributed by atoms with van der Waals surface area (Å²) in [4.78, 5) is 33.1. The first kappa shape index (κ1) is 30.4. The van der Waals surface area contributed by atoms with E-state index < -0.39 is 18.6 Å². The first-order valence-corrected chi connectivity index (χ1v) is 14.1. The van der Waals surface area contributed by atoms with Crippen molar-refractivity contribution in [2.24, 2.45) is 16.5 Å². The number of nitrogens with one attached hydrogen (secondary N) is 1. The summed E-state index contributed by atoms with van der Waals surface area (Å²) in [7, 11) is 1.57. The van der Waals surface area contributed by atoms with Crippen molar-refractivity contribution in [2.75, 3.05) is 51.2 Å². The van der Waals surface area contributed by atoms with Crippen molar-refractivity contribution < 1.29 is 23.5 Å². The molecule has 12 heteroatoms. The quantitative estimate of drug-likeness (QED) is 0.330. The van der Waals surface area contributed by atoms with Gasteiger partial charge in [0.2, 0.25) is 5.91 Å². The minimum absolute atomic E-state index is 0.0314. The summed E-state index contributed by atoms with van der Waals surface area (Å²) in [5.41, 5.74) is 16.8. The number of carboxylic acids is 1. The third kappa shape index (κ3) is 7.05. The third-order valence-electron chi connectivity index (χ3n) is 8.24. The number of nitrogens with zero attached hydrogens (tertiary/aromatic N) is 4. The Hall–Kier alpha value is -3.51. The van der Waals surface area contributed by atoms with Gasteiger partial charge in [-0.3, -0.25) is 19.5 Å². The average molecular weight is 574 g/mol. The molecule has 0 radical (unpaired) electrons. The number of aliphatic carboxylic acids is 1. The molecule has 4 rings (SSSR count). The number of carbonyl (C=O) groups is 2. The van der Waals surface area contributed by atoms with Crippen molar-refractivity contribution >= 4 is 29.4 Å². The minimum Gasteiger partial charge on any atom is -0.480 e. The van der Waals surface area contributed by atoms with E-state index >= 15 is 0 Å². The zero-order valence-corrected chi connectivity index (χ0v) is 23.8. The van der Waals surface area contributed by atoms with Crippen molar-refractivity contribution in [3.63, 3.8) is 0 Å². The lowest BCUT2D eigenvalue weighted by atomic mass is 9.91. The van der Waals surface area contributed by atoms with Gasteiger partial charge in [-0.15, -0.1) is 0 Å². The van der Waals surface area contributed by atoms with E-state index in [2.05, 4.69) is 10.3 Å². The van der Waals surface area contributed by atoms with Gasteiger partial charge in [0.25, 0.3) is 6.43 Å². The molecular formula is C29H41F2N7O3. The Kier molecular flexibility index (Phi) is 9.98. The van der Waals surface area contributed by atoms with Crippen LogP contribution in [0.25, 0.3) is 5.57 Å². The predicted molar refractivity (Wildman–Crippen MR) is 156 cm³/mol. The first-order chi connectivity index (χ1) is 19.6. The van der Waals surface area contributed by atoms with Gasteiger partial charge in [0.1, 0.15) is 6.17 Å². The molecule has 0 spiro atoms. The van der Waals surface area contributed by atoms with Crippen LogP contribution in [-0.4, -0.2) is 91.5 Å². The van der Waals surface area contributed by atoms with E-state index in [1.54, 1.807) is 18.0 Å². The minimum atomic E-state index is -2.72. The number of allylic oxidation sites excluding steroid dienone is 1. The van der Waals surface area contributed by atoms with E-state index in [0.29, 0.717) is 56.0 Å². The number of aryl methyl sites for hydroxylation is 1. The Morgan fingerprint density at radius 1 is 1.20 bits per heavy atom. The highest BCUT2D eigenvalue weighted by Gasteiger charge is 2.33. The molecule has 3 aliphatic heterocycles. The molecule has 1 aromatic rings. The van der Waals surface area contributed by atoms with Gasteiger partial charge in [-0.05, 0) is 48.9 Å². The van der Waals surface area contributed by atoms with Crippen molar-refractivity contribution in [1.82, 2.24) is 15.1 Å². The zero-order chi connectivity index (χ0) is 29.7. The number of nitrogens with two attached hydrogens (primary N) is 2. The van der Waals surface area contributed by atoms with Gasteiger partial charge in [-0.2, -0.15) is 0 Å². The molecule has 6 N–H and O–H groups in total. The lowest BCUT2D eigenvalue weighted by Crippen LogP contribution is -2.53. The lowest BCUT2D eigenvalue weighted by Gasteiger charge is -2.42. The number of hydrogen-bond donors (Lipinski definition) is 4. The molecule has 1 fully saturated rings. The Bertz CT molecular complexity index is 1230. The molecule has 0 aromatic heterocycles. The van der Waals surface area contributed by atoms with Gasteiger partial charge in [0, 0.05) is 99.7 Å². The van der Waals surface area contributed by atoms with Gasteiger partial charge in [0.05, 0.1) is 6.54 Å². The Morgan fingerprint density at radius 3 is 2.54 bits per heavy atom. The van der Waals surface area contributed by atoms with Gasteiger partial charge < -0.3 is 31.7 Å². The molecule has 0 saturated carbocycles. The van der Waals surface area contributed by atoms with E-state index in [9.17, 15) is 18.4 Å². The van der Waals surface area contributed by atoms with Crippen molar-refractivity contribution in [3.05, 3.63) is 46.3 Å². The standard InChI is InChI=1S/C29H41F2N7O3/c1-18(39)37-11-7-25(35-21-5-9-36(10-6-21)17-27(40)41)24(16-37)29(33)38-8-3-4-19-12-22(20(14-32)15-34-2)23(28(30)31)13-26(19)38/h12-15,21,28-29,35H,3-11,16-17,32-33H2,1-2H3,(H,40,41). The second-order valence-electron chi connectivity index (χ2n) is 10.9. The fraction of sp³-hybridized carbons (Fsp3) is 0.552. The molecule has 0 aliphatic carbocycles. The summed E-state index contributed by atoms with van der Waals surface area (Å²) in [5, 5.41) is 12.8. The number of rotatable bonds is 9. The van der Waals surface area contributed by atoms with Crippen LogP contribution in [0.1, 0.15) is 55.7 Å². The Labute approximate surface area is 239 Å². The van der Waals surface area contributed by atoms with E-state index in [4.69, 9.17) is 16.6 Å². The second-order valence-corrected chi connectivity index (χ2v) is 10.9. The number of likely N-dealkylation sites (tertiary alicyclic amines) is 1. The summed E-state index contributed by atoms with van der Waals surface area (Å²) in [5.74, 6) is -0.875. The molecule has 1 saturated heterocycles. The van der Waals surface area contributed by atoms with E-state index in [1.807, 2.05) is 9.80 Å². The summed E-state index contributed by atoms with van der Waals surface area (Å²) in [6, 6.07) is 3.46. The molecule has 1 aromatic carbocycles. The molecule has 10 nitrogen and oxygen atoms in total. The van der Waals surface area contributed by atoms with Gasteiger partial charge in [-0.25, -0.2) is 8.78 Å². The number of fused-ring (bicyclic) bond motifs is 1. The van der Waals surface area contributed by atoms with Crippen LogP contribution in [0.15, 0.2) is 34.6 Å². The summed E-state index contributed by atoms with van der Waals surface area (Å²) >= 11 is 0. The number of piperidine rings is 1. The number of anilines is 1. The number of carbonyl (C=O) groups excluding carboxylic acids is 1. The smallest absolute Gasteiger partial charge is 0.317 e. The van der Waals surface area contributed by atoms with Gasteiger partial charge >= 0.3 is 5.97 Å². The number of halogens is 2. The summed E-state index contributed by atoms with van der Waals surface area (Å²) in [6.45, 7) is 4.44.